The number of ether oxygens (including phenoxy) is 1. The first-order valence-corrected chi connectivity index (χ1v) is 8.48. The van der Waals surface area contributed by atoms with Crippen molar-refractivity contribution in [1.29, 1.82) is 0 Å². The molecule has 3 N–H and O–H groups in total. The highest BCUT2D eigenvalue weighted by Crippen LogP contribution is 2.25. The molecule has 1 fully saturated rings. The van der Waals surface area contributed by atoms with E-state index < -0.39 is 0 Å². The molecule has 1 aromatic carbocycles. The molecule has 1 aliphatic heterocycles. The standard InChI is InChI=1S/C18H29N3O2.ClH/c1-14-6-7-17(23-2)15(11-14)13-21-10-4-3-5-16(21)12-20-18(22)8-9-19;/h6-7,11,16H,3-5,8-10,12-13,19H2,1-2H3,(H,20,22);1H. The van der Waals surface area contributed by atoms with Gasteiger partial charge in [-0.25, -0.2) is 0 Å². The van der Waals surface area contributed by atoms with Crippen LogP contribution in [0.5, 0.6) is 5.75 Å². The van der Waals surface area contributed by atoms with Crippen LogP contribution in [0.15, 0.2) is 18.2 Å². The SMILES string of the molecule is COc1ccc(C)cc1CN1CCCCC1CNC(=O)CCN.Cl. The summed E-state index contributed by atoms with van der Waals surface area (Å²) < 4.78 is 5.50. The van der Waals surface area contributed by atoms with Gasteiger partial charge in [-0.15, -0.1) is 12.4 Å². The van der Waals surface area contributed by atoms with Crippen molar-refractivity contribution in [3.05, 3.63) is 29.3 Å². The molecule has 0 radical (unpaired) electrons. The maximum Gasteiger partial charge on any atom is 0.221 e. The van der Waals surface area contributed by atoms with E-state index in [1.807, 2.05) is 6.07 Å². The normalized spacial score (nSPS) is 17.9. The summed E-state index contributed by atoms with van der Waals surface area (Å²) in [5, 5.41) is 3.02. The van der Waals surface area contributed by atoms with E-state index in [1.165, 1.54) is 24.0 Å². The molecule has 136 valence electrons. The Labute approximate surface area is 151 Å². The fraction of sp³-hybridized carbons (Fsp3) is 0.611. The number of hydrogen-bond donors (Lipinski definition) is 2. The minimum Gasteiger partial charge on any atom is -0.496 e. The van der Waals surface area contributed by atoms with Crippen molar-refractivity contribution in [3.63, 3.8) is 0 Å². The molecular formula is C18H30ClN3O2. The van der Waals surface area contributed by atoms with Crippen LogP contribution in [0.2, 0.25) is 0 Å². The topological polar surface area (TPSA) is 67.6 Å². The van der Waals surface area contributed by atoms with Crippen LogP contribution in [0.3, 0.4) is 0 Å². The van der Waals surface area contributed by atoms with Gasteiger partial charge in [-0.3, -0.25) is 9.69 Å². The van der Waals surface area contributed by atoms with Crippen LogP contribution < -0.4 is 15.8 Å². The van der Waals surface area contributed by atoms with Crippen LogP contribution in [0.25, 0.3) is 0 Å². The Hall–Kier alpha value is -1.30. The molecule has 0 aliphatic carbocycles. The zero-order valence-electron chi connectivity index (χ0n) is 14.7. The van der Waals surface area contributed by atoms with Crippen molar-refractivity contribution in [2.24, 2.45) is 5.73 Å². The van der Waals surface area contributed by atoms with Crippen molar-refractivity contribution in [2.75, 3.05) is 26.7 Å². The minimum atomic E-state index is 0. The first kappa shape index (κ1) is 20.7. The number of carbonyl (C=O) groups excluding carboxylic acids is 1. The predicted octanol–water partition coefficient (Wildman–Crippen LogP) is 2.24. The van der Waals surface area contributed by atoms with Gasteiger partial charge in [0.15, 0.2) is 0 Å². The molecular weight excluding hydrogens is 326 g/mol. The molecule has 1 heterocycles. The van der Waals surface area contributed by atoms with Gasteiger partial charge in [0.25, 0.3) is 0 Å². The quantitative estimate of drug-likeness (QED) is 0.787. The van der Waals surface area contributed by atoms with Gasteiger partial charge in [0.2, 0.25) is 5.91 Å². The number of likely N-dealkylation sites (tertiary alicyclic amines) is 1. The maximum absolute atomic E-state index is 11.7. The summed E-state index contributed by atoms with van der Waals surface area (Å²) in [5.41, 5.74) is 7.89. The van der Waals surface area contributed by atoms with E-state index in [4.69, 9.17) is 10.5 Å². The van der Waals surface area contributed by atoms with E-state index in [9.17, 15) is 4.79 Å². The van der Waals surface area contributed by atoms with E-state index in [0.717, 1.165) is 25.3 Å². The number of hydrogen-bond acceptors (Lipinski definition) is 4. The number of carbonyl (C=O) groups is 1. The summed E-state index contributed by atoms with van der Waals surface area (Å²) in [7, 11) is 1.72. The summed E-state index contributed by atoms with van der Waals surface area (Å²) in [4.78, 5) is 14.1. The van der Waals surface area contributed by atoms with E-state index >= 15 is 0 Å². The Morgan fingerprint density at radius 1 is 1.42 bits per heavy atom. The lowest BCUT2D eigenvalue weighted by Gasteiger charge is -2.36. The van der Waals surface area contributed by atoms with Gasteiger partial charge < -0.3 is 15.8 Å². The van der Waals surface area contributed by atoms with Crippen LogP contribution in [-0.4, -0.2) is 43.6 Å². The summed E-state index contributed by atoms with van der Waals surface area (Å²) in [6.07, 6.45) is 3.95. The van der Waals surface area contributed by atoms with Gasteiger partial charge in [-0.05, 0) is 32.4 Å². The monoisotopic (exact) mass is 355 g/mol. The second-order valence-corrected chi connectivity index (χ2v) is 6.28. The van der Waals surface area contributed by atoms with Crippen molar-refractivity contribution < 1.29 is 9.53 Å². The van der Waals surface area contributed by atoms with Crippen LogP contribution in [-0.2, 0) is 11.3 Å². The molecule has 1 saturated heterocycles. The van der Waals surface area contributed by atoms with Crippen molar-refractivity contribution in [1.82, 2.24) is 10.2 Å². The van der Waals surface area contributed by atoms with Gasteiger partial charge in [-0.2, -0.15) is 0 Å². The Morgan fingerprint density at radius 2 is 2.21 bits per heavy atom. The molecule has 0 spiro atoms. The summed E-state index contributed by atoms with van der Waals surface area (Å²) >= 11 is 0. The number of aryl methyl sites for hydroxylation is 1. The van der Waals surface area contributed by atoms with E-state index in [2.05, 4.69) is 29.3 Å². The molecule has 24 heavy (non-hydrogen) atoms. The molecule has 1 amide bonds. The fourth-order valence-electron chi connectivity index (χ4n) is 3.20. The Kier molecular flexibility index (Phi) is 9.11. The lowest BCUT2D eigenvalue weighted by atomic mass is 10.00. The van der Waals surface area contributed by atoms with Gasteiger partial charge in [-0.1, -0.05) is 24.1 Å². The molecule has 2 rings (SSSR count). The van der Waals surface area contributed by atoms with Crippen molar-refractivity contribution >= 4 is 18.3 Å². The largest absolute Gasteiger partial charge is 0.496 e. The number of piperidine rings is 1. The van der Waals surface area contributed by atoms with Crippen LogP contribution in [0.4, 0.5) is 0 Å². The fourth-order valence-corrected chi connectivity index (χ4v) is 3.20. The first-order valence-electron chi connectivity index (χ1n) is 8.48. The first-order chi connectivity index (χ1) is 11.1. The zero-order valence-corrected chi connectivity index (χ0v) is 15.5. The predicted molar refractivity (Wildman–Crippen MR) is 99.7 cm³/mol. The third-order valence-electron chi connectivity index (χ3n) is 4.46. The molecule has 1 atom stereocenters. The summed E-state index contributed by atoms with van der Waals surface area (Å²) in [6, 6.07) is 6.68. The molecule has 1 aliphatic rings. The Morgan fingerprint density at radius 3 is 2.92 bits per heavy atom. The molecule has 1 aromatic rings. The second kappa shape index (κ2) is 10.5. The highest BCUT2D eigenvalue weighted by atomic mass is 35.5. The number of rotatable bonds is 7. The summed E-state index contributed by atoms with van der Waals surface area (Å²) in [6.45, 7) is 5.13. The highest BCUT2D eigenvalue weighted by Gasteiger charge is 2.23. The van der Waals surface area contributed by atoms with Gasteiger partial charge in [0, 0.05) is 37.7 Å². The van der Waals surface area contributed by atoms with Gasteiger partial charge in [0.05, 0.1) is 7.11 Å². The molecule has 0 bridgehead atoms. The van der Waals surface area contributed by atoms with Crippen LogP contribution >= 0.6 is 12.4 Å². The average molecular weight is 356 g/mol. The van der Waals surface area contributed by atoms with E-state index in [0.29, 0.717) is 25.6 Å². The summed E-state index contributed by atoms with van der Waals surface area (Å²) in [5.74, 6) is 0.984. The molecule has 0 aromatic heterocycles. The molecule has 6 heteroatoms. The lowest BCUT2D eigenvalue weighted by molar-refractivity contribution is -0.121. The highest BCUT2D eigenvalue weighted by molar-refractivity contribution is 5.85. The lowest BCUT2D eigenvalue weighted by Crippen LogP contribution is -2.46. The number of amides is 1. The zero-order chi connectivity index (χ0) is 16.7. The molecule has 1 unspecified atom stereocenters. The minimum absolute atomic E-state index is 0. The molecule has 5 nitrogen and oxygen atoms in total. The van der Waals surface area contributed by atoms with Gasteiger partial charge in [0.1, 0.15) is 5.75 Å². The Bertz CT molecular complexity index is 525. The van der Waals surface area contributed by atoms with E-state index in [1.54, 1.807) is 7.11 Å². The van der Waals surface area contributed by atoms with Crippen molar-refractivity contribution in [3.8, 4) is 5.75 Å². The number of nitrogens with two attached hydrogens (primary N) is 1. The van der Waals surface area contributed by atoms with E-state index in [-0.39, 0.29) is 18.3 Å². The van der Waals surface area contributed by atoms with Gasteiger partial charge >= 0.3 is 0 Å². The number of nitrogens with zero attached hydrogens (tertiary/aromatic N) is 1. The van der Waals surface area contributed by atoms with Crippen molar-refractivity contribution in [2.45, 2.75) is 45.2 Å². The maximum atomic E-state index is 11.7. The number of benzene rings is 1. The van der Waals surface area contributed by atoms with Crippen LogP contribution in [0.1, 0.15) is 36.8 Å². The smallest absolute Gasteiger partial charge is 0.221 e. The third-order valence-corrected chi connectivity index (χ3v) is 4.46. The number of nitrogens with one attached hydrogen (secondary N) is 1. The average Bonchev–Trinajstić information content (AvgIpc) is 2.54. The number of halogens is 1. The third kappa shape index (κ3) is 5.96. The van der Waals surface area contributed by atoms with Crippen LogP contribution in [0, 0.1) is 6.92 Å². The second-order valence-electron chi connectivity index (χ2n) is 6.28. The molecule has 0 saturated carbocycles. The number of methoxy groups -OCH3 is 1. The Balaban J connectivity index is 0.00000288.